The van der Waals surface area contributed by atoms with Gasteiger partial charge in [0.2, 0.25) is 0 Å². The van der Waals surface area contributed by atoms with E-state index in [4.69, 9.17) is 15.2 Å². The van der Waals surface area contributed by atoms with Gasteiger partial charge in [-0.25, -0.2) is 14.2 Å². The number of fused-ring (bicyclic) bond motifs is 1. The van der Waals surface area contributed by atoms with Crippen molar-refractivity contribution in [2.24, 2.45) is 5.16 Å². The minimum Gasteiger partial charge on any atom is -0.534 e. The minimum atomic E-state index is -1.50. The number of amides is 1. The van der Waals surface area contributed by atoms with Crippen molar-refractivity contribution in [3.63, 3.8) is 0 Å². The molecule has 10 nitrogen and oxygen atoms in total. The second-order valence-corrected chi connectivity index (χ2v) is 6.81. The molecule has 5 N–H and O–H groups in total. The van der Waals surface area contributed by atoms with Crippen molar-refractivity contribution in [1.82, 2.24) is 10.3 Å². The molecule has 2 heterocycles. The zero-order valence-corrected chi connectivity index (χ0v) is 15.7. The Hall–Kier alpha value is -3.19. The van der Waals surface area contributed by atoms with E-state index >= 15 is 0 Å². The third kappa shape index (κ3) is 4.63. The highest BCUT2D eigenvalue weighted by Gasteiger charge is 2.38. The number of alkyl halides is 1. The van der Waals surface area contributed by atoms with Crippen molar-refractivity contribution >= 4 is 41.2 Å². The number of carbonyl (C=O) groups is 2. The standard InChI is InChI=1S/C16H16BFN4O6S/c18-4-5-27-22-12(10-7-29-16(19)20-10)14(23)21-11-6-8-2-1-3-9(15(24)25)13(8)28-17(11)26/h1-3,7,11,26H,4-6H2,(H2,19,20)(H,21,23)(H,24,25). The zero-order valence-electron chi connectivity index (χ0n) is 14.9. The van der Waals surface area contributed by atoms with E-state index in [0.717, 1.165) is 11.3 Å². The maximum absolute atomic E-state index is 12.7. The van der Waals surface area contributed by atoms with Gasteiger partial charge >= 0.3 is 13.1 Å². The molecule has 1 unspecified atom stereocenters. The normalized spacial score (nSPS) is 16.0. The number of anilines is 1. The van der Waals surface area contributed by atoms with E-state index in [-0.39, 0.29) is 40.9 Å². The molecule has 0 aliphatic carbocycles. The number of hydrogen-bond acceptors (Lipinski definition) is 9. The summed E-state index contributed by atoms with van der Waals surface area (Å²) in [6.07, 6.45) is 0.112. The van der Waals surface area contributed by atoms with Gasteiger partial charge in [0, 0.05) is 5.38 Å². The Morgan fingerprint density at radius 3 is 2.97 bits per heavy atom. The Bertz CT molecular complexity index is 955. The number of rotatable bonds is 7. The largest absolute Gasteiger partial charge is 0.547 e. The molecular formula is C16H16BFN4O6S. The molecule has 3 rings (SSSR count). The Morgan fingerprint density at radius 2 is 2.31 bits per heavy atom. The number of carbonyl (C=O) groups excluding carboxylic acids is 1. The Balaban J connectivity index is 1.80. The molecule has 1 aliphatic rings. The first-order valence-corrected chi connectivity index (χ1v) is 9.26. The van der Waals surface area contributed by atoms with Crippen molar-refractivity contribution in [1.29, 1.82) is 0 Å². The van der Waals surface area contributed by atoms with Gasteiger partial charge in [-0.05, 0) is 18.1 Å². The number of nitrogens with one attached hydrogen (secondary N) is 1. The quantitative estimate of drug-likeness (QED) is 0.214. The van der Waals surface area contributed by atoms with Crippen molar-refractivity contribution in [3.05, 3.63) is 40.4 Å². The molecule has 0 saturated heterocycles. The van der Waals surface area contributed by atoms with E-state index in [2.05, 4.69) is 15.5 Å². The molecule has 152 valence electrons. The van der Waals surface area contributed by atoms with E-state index in [1.807, 2.05) is 0 Å². The van der Waals surface area contributed by atoms with E-state index in [1.165, 1.54) is 17.5 Å². The molecule has 13 heteroatoms. The Kier molecular flexibility index (Phi) is 6.29. The van der Waals surface area contributed by atoms with Gasteiger partial charge in [-0.1, -0.05) is 17.3 Å². The Morgan fingerprint density at radius 1 is 1.52 bits per heavy atom. The molecule has 0 radical (unpaired) electrons. The summed E-state index contributed by atoms with van der Waals surface area (Å²) >= 11 is 1.08. The fraction of sp³-hybridized carbons (Fsp3) is 0.250. The number of carboxylic acids is 1. The number of halogens is 1. The first kappa shape index (κ1) is 20.5. The predicted molar refractivity (Wildman–Crippen MR) is 103 cm³/mol. The van der Waals surface area contributed by atoms with Crippen LogP contribution in [0.3, 0.4) is 0 Å². The van der Waals surface area contributed by atoms with Crippen molar-refractivity contribution in [3.8, 4) is 5.75 Å². The van der Waals surface area contributed by atoms with Crippen molar-refractivity contribution in [2.45, 2.75) is 12.4 Å². The number of aromatic nitrogens is 1. The summed E-state index contributed by atoms with van der Waals surface area (Å²) in [5, 5.41) is 27.3. The molecule has 0 saturated carbocycles. The average Bonchev–Trinajstić information content (AvgIpc) is 3.11. The summed E-state index contributed by atoms with van der Waals surface area (Å²) < 4.78 is 17.6. The lowest BCUT2D eigenvalue weighted by molar-refractivity contribution is -0.115. The minimum absolute atomic E-state index is 0.0467. The SMILES string of the molecule is Nc1nc(C(=NOCCF)C(=O)NC2Cc3cccc(C(=O)O)c3OB2O)cs1. The van der Waals surface area contributed by atoms with Crippen LogP contribution in [0.4, 0.5) is 9.52 Å². The van der Waals surface area contributed by atoms with Crippen LogP contribution in [0.25, 0.3) is 0 Å². The van der Waals surface area contributed by atoms with Crippen LogP contribution >= 0.6 is 11.3 Å². The van der Waals surface area contributed by atoms with E-state index < -0.39 is 31.6 Å². The number of carboxylic acid groups (broad SMARTS) is 1. The molecule has 1 aromatic heterocycles. The molecule has 1 amide bonds. The molecule has 0 spiro atoms. The van der Waals surface area contributed by atoms with Gasteiger partial charge in [0.25, 0.3) is 5.91 Å². The highest BCUT2D eigenvalue weighted by atomic mass is 32.1. The Labute approximate surface area is 168 Å². The summed E-state index contributed by atoms with van der Waals surface area (Å²) in [5.74, 6) is -2.80. The second kappa shape index (κ2) is 8.88. The van der Waals surface area contributed by atoms with Gasteiger partial charge in [-0.2, -0.15) is 0 Å². The summed E-state index contributed by atoms with van der Waals surface area (Å²) in [4.78, 5) is 32.7. The van der Waals surface area contributed by atoms with Crippen LogP contribution in [0, 0.1) is 0 Å². The fourth-order valence-corrected chi connectivity index (χ4v) is 3.25. The lowest BCUT2D eigenvalue weighted by Crippen LogP contribution is -2.54. The second-order valence-electron chi connectivity index (χ2n) is 5.92. The lowest BCUT2D eigenvalue weighted by atomic mass is 9.72. The average molecular weight is 422 g/mol. The predicted octanol–water partition coefficient (Wildman–Crippen LogP) is 0.253. The summed E-state index contributed by atoms with van der Waals surface area (Å²) in [5.41, 5.74) is 5.88. The van der Waals surface area contributed by atoms with Gasteiger partial charge in [-0.15, -0.1) is 11.3 Å². The number of nitrogens with two attached hydrogens (primary N) is 1. The number of nitrogen functional groups attached to an aromatic ring is 1. The van der Waals surface area contributed by atoms with Crippen LogP contribution < -0.4 is 15.7 Å². The van der Waals surface area contributed by atoms with Crippen LogP contribution in [0.1, 0.15) is 21.6 Å². The first-order valence-electron chi connectivity index (χ1n) is 8.38. The smallest absolute Gasteiger partial charge is 0.534 e. The van der Waals surface area contributed by atoms with Gasteiger partial charge in [0.15, 0.2) is 10.8 Å². The molecule has 1 aromatic carbocycles. The van der Waals surface area contributed by atoms with Crippen LogP contribution in [-0.2, 0) is 16.1 Å². The number of oxime groups is 1. The van der Waals surface area contributed by atoms with Gasteiger partial charge < -0.3 is 30.7 Å². The summed E-state index contributed by atoms with van der Waals surface area (Å²) in [6.45, 7) is -1.15. The molecule has 0 fully saturated rings. The third-order valence-electron chi connectivity index (χ3n) is 3.97. The monoisotopic (exact) mass is 422 g/mol. The number of aromatic carboxylic acids is 1. The third-order valence-corrected chi connectivity index (χ3v) is 4.64. The molecule has 1 aliphatic heterocycles. The van der Waals surface area contributed by atoms with Crippen LogP contribution in [0.15, 0.2) is 28.7 Å². The van der Waals surface area contributed by atoms with Crippen molar-refractivity contribution < 1.29 is 33.6 Å². The number of benzene rings is 1. The van der Waals surface area contributed by atoms with Crippen molar-refractivity contribution in [2.75, 3.05) is 19.0 Å². The number of nitrogens with zero attached hydrogens (tertiary/aromatic N) is 2. The van der Waals surface area contributed by atoms with Gasteiger partial charge in [-0.3, -0.25) is 4.79 Å². The first-order chi connectivity index (χ1) is 13.9. The zero-order chi connectivity index (χ0) is 21.0. The number of thiazole rings is 1. The van der Waals surface area contributed by atoms with Gasteiger partial charge in [0.05, 0.1) is 11.5 Å². The molecular weight excluding hydrogens is 406 g/mol. The van der Waals surface area contributed by atoms with E-state index in [9.17, 15) is 24.1 Å². The van der Waals surface area contributed by atoms with Crippen LogP contribution in [0.5, 0.6) is 5.75 Å². The molecule has 0 bridgehead atoms. The maximum atomic E-state index is 12.7. The van der Waals surface area contributed by atoms with Crippen LogP contribution in [-0.4, -0.2) is 59.0 Å². The molecule has 29 heavy (non-hydrogen) atoms. The molecule has 1 atom stereocenters. The van der Waals surface area contributed by atoms with Gasteiger partial charge in [0.1, 0.15) is 24.7 Å². The number of para-hydroxylation sites is 1. The van der Waals surface area contributed by atoms with E-state index in [1.54, 1.807) is 6.07 Å². The highest BCUT2D eigenvalue weighted by molar-refractivity contribution is 7.13. The summed E-state index contributed by atoms with van der Waals surface area (Å²) in [6, 6.07) is 4.53. The fourth-order valence-electron chi connectivity index (χ4n) is 2.70. The van der Waals surface area contributed by atoms with Crippen LogP contribution in [0.2, 0.25) is 0 Å². The summed E-state index contributed by atoms with van der Waals surface area (Å²) in [7, 11) is -1.50. The van der Waals surface area contributed by atoms with E-state index in [0.29, 0.717) is 5.56 Å². The topological polar surface area (TPSA) is 156 Å². The molecule has 2 aromatic rings. The maximum Gasteiger partial charge on any atom is 0.547 e. The highest BCUT2D eigenvalue weighted by Crippen LogP contribution is 2.30. The number of hydrogen-bond donors (Lipinski definition) is 4. The lowest BCUT2D eigenvalue weighted by Gasteiger charge is -2.28.